The highest BCUT2D eigenvalue weighted by molar-refractivity contribution is 7.90. The molecule has 0 saturated carbocycles. The fourth-order valence-electron chi connectivity index (χ4n) is 4.10. The number of nitrogens with zero attached hydrogens (tertiary/aromatic N) is 2. The minimum absolute atomic E-state index is 0.117. The van der Waals surface area contributed by atoms with E-state index in [1.54, 1.807) is 60.3 Å². The zero-order chi connectivity index (χ0) is 26.7. The highest BCUT2D eigenvalue weighted by atomic mass is 32.2. The molecule has 0 aliphatic carbocycles. The lowest BCUT2D eigenvalue weighted by Gasteiger charge is -2.08. The molecule has 0 aliphatic heterocycles. The predicted octanol–water partition coefficient (Wildman–Crippen LogP) is 5.83. The quantitative estimate of drug-likeness (QED) is 0.286. The van der Waals surface area contributed by atoms with E-state index < -0.39 is 15.9 Å². The van der Waals surface area contributed by atoms with E-state index in [2.05, 4.69) is 5.32 Å². The van der Waals surface area contributed by atoms with Crippen molar-refractivity contribution >= 4 is 27.1 Å². The zero-order valence-corrected chi connectivity index (χ0v) is 21.6. The maximum atomic E-state index is 12.4. The number of benzene rings is 3. The first-order valence-corrected chi connectivity index (χ1v) is 13.7. The summed E-state index contributed by atoms with van der Waals surface area (Å²) in [6.07, 6.45) is 2.31. The van der Waals surface area contributed by atoms with Crippen LogP contribution in [0, 0.1) is 0 Å². The molecule has 1 N–H and O–H groups in total. The number of nitrogens with one attached hydrogen (secondary N) is 1. The number of fused-ring (bicyclic) bond motifs is 1. The molecule has 3 aromatic carbocycles. The van der Waals surface area contributed by atoms with E-state index in [4.69, 9.17) is 14.6 Å². The summed E-state index contributed by atoms with van der Waals surface area (Å²) in [6.45, 7) is 0.117. The average molecular weight is 528 g/mol. The molecule has 2 heterocycles. The van der Waals surface area contributed by atoms with Crippen molar-refractivity contribution < 1.29 is 22.7 Å². The van der Waals surface area contributed by atoms with Crippen molar-refractivity contribution in [2.75, 3.05) is 18.7 Å². The van der Waals surface area contributed by atoms with Crippen LogP contribution in [0.3, 0.4) is 0 Å². The van der Waals surface area contributed by atoms with Crippen molar-refractivity contribution in [1.82, 2.24) is 9.61 Å². The van der Waals surface area contributed by atoms with Crippen LogP contribution in [-0.4, -0.2) is 37.5 Å². The number of rotatable bonds is 7. The number of ether oxygens (including phenoxy) is 2. The Bertz CT molecular complexity index is 1700. The average Bonchev–Trinajstić information content (AvgIpc) is 3.31. The van der Waals surface area contributed by atoms with Gasteiger partial charge in [-0.1, -0.05) is 54.6 Å². The van der Waals surface area contributed by atoms with Gasteiger partial charge in [0.2, 0.25) is 0 Å². The highest BCUT2D eigenvalue weighted by Gasteiger charge is 2.18. The number of hydrogen-bond donors (Lipinski definition) is 1. The first kappa shape index (κ1) is 25.0. The summed E-state index contributed by atoms with van der Waals surface area (Å²) in [4.78, 5) is 12.7. The Morgan fingerprint density at radius 2 is 1.61 bits per heavy atom. The van der Waals surface area contributed by atoms with Crippen molar-refractivity contribution in [3.8, 4) is 28.1 Å². The molecule has 2 aromatic heterocycles. The molecular formula is C29H25N3O5S. The van der Waals surface area contributed by atoms with E-state index in [1.165, 1.54) is 6.26 Å². The van der Waals surface area contributed by atoms with Gasteiger partial charge in [0, 0.05) is 17.4 Å². The van der Waals surface area contributed by atoms with Crippen LogP contribution in [0.1, 0.15) is 5.56 Å². The molecule has 0 spiro atoms. The lowest BCUT2D eigenvalue weighted by molar-refractivity contribution is 0.155. The summed E-state index contributed by atoms with van der Waals surface area (Å²) in [5.74, 6) is 0.728. The number of hydrogen-bond acceptors (Lipinski definition) is 6. The lowest BCUT2D eigenvalue weighted by Crippen LogP contribution is -2.14. The number of amides is 1. The van der Waals surface area contributed by atoms with Crippen molar-refractivity contribution in [3.05, 3.63) is 103 Å². The van der Waals surface area contributed by atoms with Crippen molar-refractivity contribution in [1.29, 1.82) is 0 Å². The van der Waals surface area contributed by atoms with Gasteiger partial charge in [0.15, 0.2) is 9.84 Å². The third kappa shape index (κ3) is 5.37. The van der Waals surface area contributed by atoms with E-state index in [9.17, 15) is 13.2 Å². The van der Waals surface area contributed by atoms with Gasteiger partial charge in [0.1, 0.15) is 18.1 Å². The van der Waals surface area contributed by atoms with Gasteiger partial charge in [0.05, 0.1) is 29.4 Å². The van der Waals surface area contributed by atoms with Crippen LogP contribution in [0.5, 0.6) is 5.75 Å². The van der Waals surface area contributed by atoms with E-state index >= 15 is 0 Å². The Balaban J connectivity index is 1.44. The lowest BCUT2D eigenvalue weighted by atomic mass is 10.00. The summed E-state index contributed by atoms with van der Waals surface area (Å²) < 4.78 is 36.1. The molecule has 0 atom stereocenters. The van der Waals surface area contributed by atoms with E-state index in [1.807, 2.05) is 48.5 Å². The molecule has 0 fully saturated rings. The molecule has 0 unspecified atom stereocenters. The van der Waals surface area contributed by atoms with Crippen molar-refractivity contribution in [3.63, 3.8) is 0 Å². The van der Waals surface area contributed by atoms with Crippen molar-refractivity contribution in [2.45, 2.75) is 11.5 Å². The fourth-order valence-corrected chi connectivity index (χ4v) is 4.73. The summed E-state index contributed by atoms with van der Waals surface area (Å²) in [5, 5.41) is 7.55. The second-order valence-electron chi connectivity index (χ2n) is 8.68. The minimum atomic E-state index is -3.31. The van der Waals surface area contributed by atoms with Gasteiger partial charge in [-0.25, -0.2) is 17.7 Å². The van der Waals surface area contributed by atoms with E-state index in [-0.39, 0.29) is 11.5 Å². The maximum Gasteiger partial charge on any atom is 0.412 e. The molecule has 0 radical (unpaired) electrons. The summed E-state index contributed by atoms with van der Waals surface area (Å²) in [5.41, 5.74) is 5.47. The number of pyridine rings is 1. The standard InChI is InChI=1S/C29H25N3O5S/c1-36-24-13-8-20(9-14-24)19-37-29(33)30-23-12-17-26-27(21-10-15-25(16-11-21)38(2,34)35)28(31-32(26)18-23)22-6-4-3-5-7-22/h3-18H,19H2,1-2H3,(H,30,33). The monoisotopic (exact) mass is 527 g/mol. The second kappa shape index (κ2) is 10.4. The van der Waals surface area contributed by atoms with Gasteiger partial charge in [-0.05, 0) is 47.5 Å². The molecule has 5 rings (SSSR count). The smallest absolute Gasteiger partial charge is 0.412 e. The molecule has 0 aliphatic rings. The fraction of sp³-hybridized carbons (Fsp3) is 0.103. The van der Waals surface area contributed by atoms with Gasteiger partial charge in [0.25, 0.3) is 0 Å². The number of carbonyl (C=O) groups excluding carboxylic acids is 1. The Hall–Kier alpha value is -4.63. The molecule has 5 aromatic rings. The van der Waals surface area contributed by atoms with Crippen LogP contribution in [0.25, 0.3) is 27.9 Å². The third-order valence-corrected chi connectivity index (χ3v) is 7.15. The Morgan fingerprint density at radius 1 is 0.895 bits per heavy atom. The highest BCUT2D eigenvalue weighted by Crippen LogP contribution is 2.36. The van der Waals surface area contributed by atoms with Gasteiger partial charge < -0.3 is 9.47 Å². The topological polar surface area (TPSA) is 99.0 Å². The van der Waals surface area contributed by atoms with E-state index in [0.29, 0.717) is 5.69 Å². The molecule has 0 saturated heterocycles. The van der Waals surface area contributed by atoms with Gasteiger partial charge in [-0.15, -0.1) is 0 Å². The minimum Gasteiger partial charge on any atom is -0.497 e. The predicted molar refractivity (Wildman–Crippen MR) is 146 cm³/mol. The van der Waals surface area contributed by atoms with Crippen LogP contribution in [0.15, 0.2) is 102 Å². The van der Waals surface area contributed by atoms with E-state index in [0.717, 1.165) is 39.2 Å². The van der Waals surface area contributed by atoms with Crippen LogP contribution in [-0.2, 0) is 21.2 Å². The zero-order valence-electron chi connectivity index (χ0n) is 20.8. The number of carbonyl (C=O) groups is 1. The number of aromatic nitrogens is 2. The summed E-state index contributed by atoms with van der Waals surface area (Å²) in [7, 11) is -1.72. The van der Waals surface area contributed by atoms with Gasteiger partial charge in [-0.2, -0.15) is 5.10 Å². The Kier molecular flexibility index (Phi) is 6.85. The largest absolute Gasteiger partial charge is 0.497 e. The summed E-state index contributed by atoms with van der Waals surface area (Å²) >= 11 is 0. The van der Waals surface area contributed by atoms with Crippen molar-refractivity contribution in [2.24, 2.45) is 0 Å². The van der Waals surface area contributed by atoms with Crippen LogP contribution in [0.2, 0.25) is 0 Å². The second-order valence-corrected chi connectivity index (χ2v) is 10.7. The molecule has 8 nitrogen and oxygen atoms in total. The number of anilines is 1. The Labute approximate surface area is 220 Å². The van der Waals surface area contributed by atoms with Crippen LogP contribution >= 0.6 is 0 Å². The molecular weight excluding hydrogens is 502 g/mol. The third-order valence-electron chi connectivity index (χ3n) is 6.02. The van der Waals surface area contributed by atoms with Crippen LogP contribution in [0.4, 0.5) is 10.5 Å². The molecule has 1 amide bonds. The van der Waals surface area contributed by atoms with Gasteiger partial charge in [-0.3, -0.25) is 5.32 Å². The van der Waals surface area contributed by atoms with Crippen LogP contribution < -0.4 is 10.1 Å². The first-order valence-electron chi connectivity index (χ1n) is 11.8. The molecule has 38 heavy (non-hydrogen) atoms. The number of methoxy groups -OCH3 is 1. The molecule has 192 valence electrons. The molecule has 9 heteroatoms. The number of sulfone groups is 1. The van der Waals surface area contributed by atoms with Gasteiger partial charge >= 0.3 is 6.09 Å². The normalized spacial score (nSPS) is 11.3. The maximum absolute atomic E-state index is 12.4. The Morgan fingerprint density at radius 3 is 2.26 bits per heavy atom. The summed E-state index contributed by atoms with van der Waals surface area (Å²) in [6, 6.07) is 27.4. The first-order chi connectivity index (χ1) is 18.3. The molecule has 0 bridgehead atoms. The SMILES string of the molecule is COc1ccc(COC(=O)Nc2ccc3c(-c4ccc(S(C)(=O)=O)cc4)c(-c4ccccc4)nn3c2)cc1.